The van der Waals surface area contributed by atoms with Gasteiger partial charge in [-0.05, 0) is 22.0 Å². The molecular weight excluding hydrogens is 302 g/mol. The van der Waals surface area contributed by atoms with Gasteiger partial charge in [0.25, 0.3) is 5.69 Å². The highest BCUT2D eigenvalue weighted by Crippen LogP contribution is 2.29. The first kappa shape index (κ1) is 14.6. The molecule has 0 N–H and O–H groups in total. The van der Waals surface area contributed by atoms with E-state index >= 15 is 0 Å². The summed E-state index contributed by atoms with van der Waals surface area (Å²) in [6, 6.07) is 4.18. The third-order valence-corrected chi connectivity index (χ3v) is 2.98. The van der Waals surface area contributed by atoms with Gasteiger partial charge < -0.3 is 4.74 Å². The van der Waals surface area contributed by atoms with Crippen LogP contribution >= 0.6 is 15.9 Å². The van der Waals surface area contributed by atoms with Gasteiger partial charge in [0.2, 0.25) is 0 Å². The number of rotatable bonds is 4. The van der Waals surface area contributed by atoms with Crippen LogP contribution in [-0.2, 0) is 4.79 Å². The summed E-state index contributed by atoms with van der Waals surface area (Å²) in [5.41, 5.74) is -0.566. The van der Waals surface area contributed by atoms with Crippen molar-refractivity contribution < 1.29 is 14.5 Å². The molecule has 0 heterocycles. The minimum Gasteiger partial charge on any atom is -0.484 e. The van der Waals surface area contributed by atoms with Gasteiger partial charge in [0.05, 0.1) is 15.5 Å². The molecular formula is C12H14BrNO4. The molecule has 0 aliphatic rings. The van der Waals surface area contributed by atoms with E-state index in [1.165, 1.54) is 18.2 Å². The van der Waals surface area contributed by atoms with E-state index in [1.54, 1.807) is 20.8 Å². The molecule has 98 valence electrons. The minimum absolute atomic E-state index is 0.0686. The van der Waals surface area contributed by atoms with E-state index in [4.69, 9.17) is 4.74 Å². The molecule has 0 aliphatic heterocycles. The maximum Gasteiger partial charge on any atom is 0.273 e. The molecule has 18 heavy (non-hydrogen) atoms. The number of Topliss-reactive ketones (excluding diaryl/α,β-unsaturated/α-hetero) is 1. The van der Waals surface area contributed by atoms with Crippen molar-refractivity contribution in [3.63, 3.8) is 0 Å². The Hall–Kier alpha value is -1.43. The van der Waals surface area contributed by atoms with Crippen LogP contribution in [0.1, 0.15) is 20.8 Å². The van der Waals surface area contributed by atoms with Crippen LogP contribution in [0.3, 0.4) is 0 Å². The molecule has 0 aromatic heterocycles. The minimum atomic E-state index is -0.509. The Morgan fingerprint density at radius 2 is 2.06 bits per heavy atom. The molecule has 0 saturated carbocycles. The summed E-state index contributed by atoms with van der Waals surface area (Å²) < 4.78 is 5.89. The summed E-state index contributed by atoms with van der Waals surface area (Å²) in [5.74, 6) is 0.225. The Balaban J connectivity index is 2.82. The van der Waals surface area contributed by atoms with Gasteiger partial charge in [-0.3, -0.25) is 14.9 Å². The van der Waals surface area contributed by atoms with E-state index in [2.05, 4.69) is 15.9 Å². The van der Waals surface area contributed by atoms with Gasteiger partial charge in [-0.25, -0.2) is 0 Å². The Bertz CT molecular complexity index is 479. The summed E-state index contributed by atoms with van der Waals surface area (Å²) in [6.07, 6.45) is 0. The Labute approximate surface area is 113 Å². The maximum absolute atomic E-state index is 11.7. The molecule has 0 saturated heterocycles. The quantitative estimate of drug-likeness (QED) is 0.631. The summed E-state index contributed by atoms with van der Waals surface area (Å²) >= 11 is 3.22. The second-order valence-electron chi connectivity index (χ2n) is 4.83. The number of carbonyl (C=O) groups excluding carboxylic acids is 1. The molecule has 0 radical (unpaired) electrons. The highest BCUT2D eigenvalue weighted by molar-refractivity contribution is 9.10. The van der Waals surface area contributed by atoms with Crippen molar-refractivity contribution >= 4 is 27.4 Å². The number of nitro groups is 1. The fourth-order valence-corrected chi connectivity index (χ4v) is 1.44. The molecule has 6 heteroatoms. The van der Waals surface area contributed by atoms with Crippen molar-refractivity contribution in [3.8, 4) is 5.75 Å². The fraction of sp³-hybridized carbons (Fsp3) is 0.417. The molecule has 0 spiro atoms. The lowest BCUT2D eigenvalue weighted by Crippen LogP contribution is -2.26. The van der Waals surface area contributed by atoms with Crippen LogP contribution in [0.5, 0.6) is 5.75 Å². The molecule has 0 bridgehead atoms. The maximum atomic E-state index is 11.7. The molecule has 5 nitrogen and oxygen atoms in total. The van der Waals surface area contributed by atoms with Crippen LogP contribution in [0, 0.1) is 15.5 Å². The lowest BCUT2D eigenvalue weighted by atomic mass is 9.91. The van der Waals surface area contributed by atoms with Crippen molar-refractivity contribution in [2.24, 2.45) is 5.41 Å². The predicted molar refractivity (Wildman–Crippen MR) is 70.8 cm³/mol. The standard InChI is InChI=1S/C12H14BrNO4/c1-12(2,3)11(15)7-18-10-6-8(14(16)17)4-5-9(10)13/h4-6H,7H2,1-3H3. The van der Waals surface area contributed by atoms with Crippen LogP contribution in [0.4, 0.5) is 5.69 Å². The SMILES string of the molecule is CC(C)(C)C(=O)COc1cc([N+](=O)[O-])ccc1Br. The van der Waals surface area contributed by atoms with E-state index in [-0.39, 0.29) is 18.1 Å². The zero-order valence-corrected chi connectivity index (χ0v) is 12.0. The van der Waals surface area contributed by atoms with Gasteiger partial charge in [-0.2, -0.15) is 0 Å². The van der Waals surface area contributed by atoms with Crippen molar-refractivity contribution in [1.29, 1.82) is 0 Å². The Kier molecular flexibility index (Phi) is 4.45. The first-order chi connectivity index (χ1) is 8.21. The van der Waals surface area contributed by atoms with Crippen LogP contribution in [0.15, 0.2) is 22.7 Å². The van der Waals surface area contributed by atoms with Gasteiger partial charge in [-0.15, -0.1) is 0 Å². The van der Waals surface area contributed by atoms with Gasteiger partial charge in [-0.1, -0.05) is 20.8 Å². The normalized spacial score (nSPS) is 11.1. The Morgan fingerprint density at radius 1 is 1.44 bits per heavy atom. The van der Waals surface area contributed by atoms with Crippen LogP contribution in [0.2, 0.25) is 0 Å². The molecule has 0 aliphatic carbocycles. The number of carbonyl (C=O) groups is 1. The van der Waals surface area contributed by atoms with Crippen molar-refractivity contribution in [2.45, 2.75) is 20.8 Å². The number of non-ortho nitro benzene ring substituents is 1. The van der Waals surface area contributed by atoms with Gasteiger partial charge >= 0.3 is 0 Å². The predicted octanol–water partition coefficient (Wildman–Crippen LogP) is 3.35. The van der Waals surface area contributed by atoms with E-state index in [0.717, 1.165) is 0 Å². The third kappa shape index (κ3) is 3.80. The topological polar surface area (TPSA) is 69.4 Å². The number of halogens is 1. The molecule has 1 rings (SSSR count). The molecule has 0 atom stereocenters. The number of benzene rings is 1. The highest BCUT2D eigenvalue weighted by Gasteiger charge is 2.22. The second kappa shape index (κ2) is 5.48. The van der Waals surface area contributed by atoms with Crippen molar-refractivity contribution in [1.82, 2.24) is 0 Å². The number of ketones is 1. The van der Waals surface area contributed by atoms with Gasteiger partial charge in [0.1, 0.15) is 12.4 Å². The van der Waals surface area contributed by atoms with Crippen LogP contribution in [-0.4, -0.2) is 17.3 Å². The van der Waals surface area contributed by atoms with Gasteiger partial charge in [0, 0.05) is 11.5 Å². The summed E-state index contributed by atoms with van der Waals surface area (Å²) in [5, 5.41) is 10.6. The third-order valence-electron chi connectivity index (χ3n) is 2.32. The first-order valence-corrected chi connectivity index (χ1v) is 6.11. The lowest BCUT2D eigenvalue weighted by molar-refractivity contribution is -0.385. The zero-order chi connectivity index (χ0) is 13.9. The van der Waals surface area contributed by atoms with Crippen molar-refractivity contribution in [3.05, 3.63) is 32.8 Å². The molecule has 0 amide bonds. The molecule has 1 aromatic carbocycles. The Morgan fingerprint density at radius 3 is 2.56 bits per heavy atom. The second-order valence-corrected chi connectivity index (χ2v) is 5.69. The number of nitro benzene ring substituents is 1. The smallest absolute Gasteiger partial charge is 0.273 e. The monoisotopic (exact) mass is 315 g/mol. The number of hydrogen-bond donors (Lipinski definition) is 0. The van der Waals surface area contributed by atoms with Crippen LogP contribution < -0.4 is 4.74 Å². The largest absolute Gasteiger partial charge is 0.484 e. The number of hydrogen-bond acceptors (Lipinski definition) is 4. The zero-order valence-electron chi connectivity index (χ0n) is 10.4. The molecule has 0 fully saturated rings. The van der Waals surface area contributed by atoms with E-state index < -0.39 is 10.3 Å². The van der Waals surface area contributed by atoms with Crippen LogP contribution in [0.25, 0.3) is 0 Å². The average Bonchev–Trinajstić information content (AvgIpc) is 2.25. The number of ether oxygens (including phenoxy) is 1. The fourth-order valence-electron chi connectivity index (χ4n) is 1.08. The molecule has 1 aromatic rings. The number of nitrogens with zero attached hydrogens (tertiary/aromatic N) is 1. The summed E-state index contributed by atoms with van der Waals surface area (Å²) in [7, 11) is 0. The first-order valence-electron chi connectivity index (χ1n) is 5.32. The summed E-state index contributed by atoms with van der Waals surface area (Å²) in [4.78, 5) is 21.8. The van der Waals surface area contributed by atoms with Crippen molar-refractivity contribution in [2.75, 3.05) is 6.61 Å². The average molecular weight is 316 g/mol. The highest BCUT2D eigenvalue weighted by atomic mass is 79.9. The van der Waals surface area contributed by atoms with E-state index in [1.807, 2.05) is 0 Å². The summed E-state index contributed by atoms with van der Waals surface area (Å²) in [6.45, 7) is 5.27. The van der Waals surface area contributed by atoms with Gasteiger partial charge in [0.15, 0.2) is 5.78 Å². The van der Waals surface area contributed by atoms with E-state index in [0.29, 0.717) is 10.2 Å². The van der Waals surface area contributed by atoms with E-state index in [9.17, 15) is 14.9 Å². The lowest BCUT2D eigenvalue weighted by Gasteiger charge is -2.17. The molecule has 0 unspecified atom stereocenters.